The summed E-state index contributed by atoms with van der Waals surface area (Å²) in [6.45, 7) is 9.95. The summed E-state index contributed by atoms with van der Waals surface area (Å²) in [4.78, 5) is 104. The fraction of sp³-hybridized carbons (Fsp3) is 0.319. The maximum Gasteiger partial charge on any atom is 0.338 e. The number of pyridine rings is 2. The highest BCUT2D eigenvalue weighted by Gasteiger charge is 2.78. The summed E-state index contributed by atoms with van der Waals surface area (Å²) in [7, 11) is 0. The van der Waals surface area contributed by atoms with E-state index in [1.807, 2.05) is 31.2 Å². The summed E-state index contributed by atoms with van der Waals surface area (Å²) >= 11 is 0. The number of ketones is 1. The second-order valence-electron chi connectivity index (χ2n) is 24.3. The minimum absolute atomic E-state index is 0.00289. The Bertz CT molecular complexity index is 4310. The number of esters is 4. The second-order valence-corrected chi connectivity index (χ2v) is 24.3. The quantitative estimate of drug-likeness (QED) is 0.0305. The number of aromatic nitrogens is 5. The monoisotopic (exact) mass is 1220 g/mol. The third-order valence-electron chi connectivity index (χ3n) is 18.7. The molecule has 4 aromatic heterocycles. The van der Waals surface area contributed by atoms with Gasteiger partial charge in [-0.25, -0.2) is 19.0 Å². The number of hydrogen-bond acceptors (Lipinski definition) is 17. The Morgan fingerprint density at radius 1 is 0.756 bits per heavy atom. The first kappa shape index (κ1) is 60.7. The zero-order chi connectivity index (χ0) is 63.8. The Hall–Kier alpha value is -9.54. The van der Waals surface area contributed by atoms with Gasteiger partial charge in [0.05, 0.1) is 57.7 Å². The molecular formula is C69H65FN6O14. The number of hydrogen-bond donors (Lipinski definition) is 6. The van der Waals surface area contributed by atoms with Crippen LogP contribution >= 0.6 is 0 Å². The van der Waals surface area contributed by atoms with E-state index in [1.54, 1.807) is 117 Å². The highest BCUT2D eigenvalue weighted by Crippen LogP contribution is 2.64. The Balaban J connectivity index is 0.000000230. The SMILES string of the molecule is CC(=O)O[C@H]1C(=O)[C@@]2(C)[C@H]([C@H](OC(=O)c3ccccc3)[C@]3(O)C[C@H](OC(=O)[C@H](O)[C@@H](NC(=O)c4ccccc4)c4ccccc4)C(C)=C1C3(C)C)[C@]1(OC(C)=O)CO[C@@H]1C[C@@H]2O.Cc1[nH]c2ccc(F)cc2c1-c1nc2c3cccnc3c3ncccc3c2[nH]1. The van der Waals surface area contributed by atoms with Crippen LogP contribution < -0.4 is 5.32 Å². The van der Waals surface area contributed by atoms with Crippen molar-refractivity contribution >= 4 is 79.3 Å². The van der Waals surface area contributed by atoms with Gasteiger partial charge in [0.2, 0.25) is 0 Å². The number of rotatable bonds is 11. The molecule has 6 N–H and O–H groups in total. The highest BCUT2D eigenvalue weighted by molar-refractivity contribution is 6.21. The van der Waals surface area contributed by atoms with Crippen molar-refractivity contribution < 1.29 is 72.2 Å². The number of H-pyrrole nitrogens is 2. The van der Waals surface area contributed by atoms with Gasteiger partial charge in [0.15, 0.2) is 23.6 Å². The van der Waals surface area contributed by atoms with Gasteiger partial charge in [-0.15, -0.1) is 0 Å². The molecule has 0 unspecified atom stereocenters. The van der Waals surface area contributed by atoms with Crippen molar-refractivity contribution in [3.63, 3.8) is 0 Å². The fourth-order valence-electron chi connectivity index (χ4n) is 14.2. The minimum Gasteiger partial charge on any atom is -0.456 e. The summed E-state index contributed by atoms with van der Waals surface area (Å²) in [6.07, 6.45) is -6.98. The van der Waals surface area contributed by atoms with Crippen molar-refractivity contribution in [2.24, 2.45) is 16.7 Å². The molecule has 9 aromatic rings. The number of nitrogens with zero attached hydrogens (tertiary/aromatic N) is 3. The second kappa shape index (κ2) is 23.1. The van der Waals surface area contributed by atoms with Gasteiger partial charge >= 0.3 is 23.9 Å². The number of aryl methyl sites for hydroxylation is 1. The molecule has 1 saturated heterocycles. The standard InChI is InChI=1S/C47H51NO14.C22H14FN5/c1-25-31(60-43(56)36(52)35(28-16-10-7-11-17-28)48-41(54)29-18-12-8-13-19-29)23-47(57)40(61-42(55)30-20-14-9-15-21-30)38-45(6,32(51)22-33-46(38,24-58-33)62-27(3)50)39(53)37(59-26(2)49)34(25)44(47,4)5;1-11-17(15-10-12(23)6-7-16(15)26-11)22-27-20-13-4-2-8-24-18(13)19-14(21(20)28-22)5-3-9-25-19/h7-21,31-33,35-38,40,51-52,57H,22-24H2,1-6H3,(H,48,54);2-10,26H,1H3,(H,27,28)/t31-,32-,33+,35-,36+,37+,38-,40-,45+,46-,47+;/m0./s1. The first-order valence-corrected chi connectivity index (χ1v) is 29.5. The van der Waals surface area contributed by atoms with Crippen LogP contribution in [0.2, 0.25) is 0 Å². The molecule has 4 aliphatic rings. The highest BCUT2D eigenvalue weighted by atomic mass is 19.1. The van der Waals surface area contributed by atoms with Crippen molar-refractivity contribution in [1.29, 1.82) is 0 Å². The van der Waals surface area contributed by atoms with Crippen molar-refractivity contribution in [1.82, 2.24) is 30.2 Å². The maximum atomic E-state index is 15.5. The van der Waals surface area contributed by atoms with Crippen LogP contribution in [0.4, 0.5) is 4.39 Å². The summed E-state index contributed by atoms with van der Waals surface area (Å²) < 4.78 is 44.2. The van der Waals surface area contributed by atoms with E-state index in [2.05, 4.69) is 25.3 Å². The Labute approximate surface area is 514 Å². The van der Waals surface area contributed by atoms with Crippen LogP contribution in [-0.2, 0) is 42.9 Å². The first-order chi connectivity index (χ1) is 43.0. The van der Waals surface area contributed by atoms with E-state index in [9.17, 15) is 43.7 Å². The van der Waals surface area contributed by atoms with Gasteiger partial charge in [-0.2, -0.15) is 0 Å². The molecule has 2 saturated carbocycles. The van der Waals surface area contributed by atoms with Crippen molar-refractivity contribution in [2.75, 3.05) is 6.61 Å². The summed E-state index contributed by atoms with van der Waals surface area (Å²) in [5.74, 6) is -6.41. The number of halogens is 1. The number of ether oxygens (including phenoxy) is 5. The molecular weight excluding hydrogens is 1160 g/mol. The normalized spacial score (nSPS) is 25.7. The lowest BCUT2D eigenvalue weighted by molar-refractivity contribution is -0.346. The molecule has 90 heavy (non-hydrogen) atoms. The minimum atomic E-state index is -2.39. The number of nitrogens with one attached hydrogen (secondary N) is 3. The molecule has 3 fully saturated rings. The molecule has 1 amide bonds. The molecule has 13 rings (SSSR count). The molecule has 0 spiro atoms. The van der Waals surface area contributed by atoms with Gasteiger partial charge in [-0.3, -0.25) is 29.1 Å². The van der Waals surface area contributed by atoms with E-state index in [-0.39, 0.29) is 41.1 Å². The predicted octanol–water partition coefficient (Wildman–Crippen LogP) is 8.99. The lowest BCUT2D eigenvalue weighted by atomic mass is 9.44. The Morgan fingerprint density at radius 3 is 2.02 bits per heavy atom. The van der Waals surface area contributed by atoms with Gasteiger partial charge in [0.1, 0.15) is 35.6 Å². The molecule has 5 heterocycles. The molecule has 0 radical (unpaired) electrons. The molecule has 3 aliphatic carbocycles. The van der Waals surface area contributed by atoms with Gasteiger partial charge < -0.3 is 54.3 Å². The molecule has 1 aliphatic heterocycles. The number of imidazole rings is 1. The van der Waals surface area contributed by atoms with E-state index >= 15 is 4.79 Å². The van der Waals surface area contributed by atoms with Crippen LogP contribution in [0.5, 0.6) is 0 Å². The van der Waals surface area contributed by atoms with E-state index < -0.39 is 113 Å². The van der Waals surface area contributed by atoms with Crippen LogP contribution in [0, 0.1) is 29.5 Å². The number of aliphatic hydroxyl groups excluding tert-OH is 2. The number of carbonyl (C=O) groups is 6. The van der Waals surface area contributed by atoms with Crippen LogP contribution in [0.15, 0.2) is 157 Å². The van der Waals surface area contributed by atoms with E-state index in [1.165, 1.54) is 32.0 Å². The number of fused-ring (bicyclic) bond motifs is 12. The van der Waals surface area contributed by atoms with Crippen molar-refractivity contribution in [3.8, 4) is 11.4 Å². The largest absolute Gasteiger partial charge is 0.456 e. The van der Waals surface area contributed by atoms with E-state index in [4.69, 9.17) is 28.7 Å². The average molecular weight is 1220 g/mol. The lowest BCUT2D eigenvalue weighted by Crippen LogP contribution is -2.82. The van der Waals surface area contributed by atoms with Crippen molar-refractivity contribution in [3.05, 3.63) is 185 Å². The average Bonchev–Trinajstić information content (AvgIpc) is 0.777. The summed E-state index contributed by atoms with van der Waals surface area (Å²) in [5, 5.41) is 42.9. The van der Waals surface area contributed by atoms with Gasteiger partial charge in [-0.05, 0) is 104 Å². The lowest BCUT2D eigenvalue weighted by Gasteiger charge is -2.67. The molecule has 21 heteroatoms. The Kier molecular flexibility index (Phi) is 15.6. The van der Waals surface area contributed by atoms with E-state index in [0.29, 0.717) is 11.4 Å². The smallest absolute Gasteiger partial charge is 0.338 e. The fourth-order valence-corrected chi connectivity index (χ4v) is 14.2. The van der Waals surface area contributed by atoms with Crippen LogP contribution in [0.1, 0.15) is 92.4 Å². The molecule has 5 aromatic carbocycles. The number of benzene rings is 5. The van der Waals surface area contributed by atoms with Crippen LogP contribution in [-0.4, -0.2) is 130 Å². The third-order valence-corrected chi connectivity index (χ3v) is 18.7. The van der Waals surface area contributed by atoms with Gasteiger partial charge in [-0.1, -0.05) is 80.6 Å². The molecule has 20 nitrogen and oxygen atoms in total. The first-order valence-electron chi connectivity index (χ1n) is 29.5. The molecule has 462 valence electrons. The molecule has 2 bridgehead atoms. The Morgan fingerprint density at radius 2 is 1.39 bits per heavy atom. The predicted molar refractivity (Wildman–Crippen MR) is 326 cm³/mol. The van der Waals surface area contributed by atoms with Crippen molar-refractivity contribution in [2.45, 2.75) is 115 Å². The van der Waals surface area contributed by atoms with Gasteiger partial charge in [0.25, 0.3) is 5.91 Å². The number of amides is 1. The summed E-state index contributed by atoms with van der Waals surface area (Å²) in [6, 6.07) is 35.5. The van der Waals surface area contributed by atoms with Crippen LogP contribution in [0.25, 0.3) is 55.1 Å². The zero-order valence-corrected chi connectivity index (χ0v) is 50.1. The number of aliphatic hydroxyl groups is 3. The zero-order valence-electron chi connectivity index (χ0n) is 50.1. The maximum absolute atomic E-state index is 15.5. The number of Topliss-reactive ketones (excluding diaryl/α,β-unsaturated/α-hetero) is 1. The number of carbonyl (C=O) groups excluding carboxylic acids is 6. The molecule has 11 atom stereocenters. The van der Waals surface area contributed by atoms with E-state index in [0.717, 1.165) is 68.8 Å². The van der Waals surface area contributed by atoms with Gasteiger partial charge in [0, 0.05) is 83.0 Å². The topological polar surface area (TPSA) is 292 Å². The third kappa shape index (κ3) is 10.0. The number of aromatic amines is 2. The summed E-state index contributed by atoms with van der Waals surface area (Å²) in [5.41, 5.74) is -0.925. The van der Waals surface area contributed by atoms with Crippen LogP contribution in [0.3, 0.4) is 0 Å².